The molecule has 7 atom stereocenters. The average molecular weight is 565 g/mol. The second-order valence-corrected chi connectivity index (χ2v) is 12.5. The van der Waals surface area contributed by atoms with Crippen LogP contribution in [0.1, 0.15) is 111 Å². The van der Waals surface area contributed by atoms with Gasteiger partial charge in [-0.25, -0.2) is 0 Å². The van der Waals surface area contributed by atoms with Crippen LogP contribution in [0, 0.1) is 17.3 Å². The first-order valence-corrected chi connectivity index (χ1v) is 16.0. The summed E-state index contributed by atoms with van der Waals surface area (Å²) < 4.78 is 29.8. The van der Waals surface area contributed by atoms with Crippen LogP contribution in [-0.2, 0) is 28.5 Å². The van der Waals surface area contributed by atoms with E-state index in [-0.39, 0.29) is 48.0 Å². The van der Waals surface area contributed by atoms with E-state index in [2.05, 4.69) is 39.0 Å². The molecule has 3 fully saturated rings. The Bertz CT molecular complexity index is 767. The number of methoxy groups -OCH3 is 1. The van der Waals surface area contributed by atoms with Gasteiger partial charge in [0.25, 0.3) is 0 Å². The Morgan fingerprint density at radius 1 is 1.05 bits per heavy atom. The van der Waals surface area contributed by atoms with Crippen molar-refractivity contribution in [1.82, 2.24) is 0 Å². The van der Waals surface area contributed by atoms with Crippen LogP contribution in [0.3, 0.4) is 0 Å². The van der Waals surface area contributed by atoms with Crippen molar-refractivity contribution in [1.29, 1.82) is 0 Å². The fourth-order valence-corrected chi connectivity index (χ4v) is 6.22. The van der Waals surface area contributed by atoms with Crippen LogP contribution in [0.4, 0.5) is 0 Å². The molecule has 1 aliphatic carbocycles. The summed E-state index contributed by atoms with van der Waals surface area (Å²) in [6.45, 7) is 8.32. The molecule has 230 valence electrons. The summed E-state index contributed by atoms with van der Waals surface area (Å²) in [7, 11) is 1.42. The van der Waals surface area contributed by atoms with Crippen LogP contribution < -0.4 is 0 Å². The Morgan fingerprint density at radius 2 is 1.75 bits per heavy atom. The van der Waals surface area contributed by atoms with Crippen LogP contribution >= 0.6 is 0 Å². The van der Waals surface area contributed by atoms with Crippen molar-refractivity contribution in [3.63, 3.8) is 0 Å². The number of rotatable bonds is 16. The molecule has 3 aliphatic rings. The molecule has 7 nitrogen and oxygen atoms in total. The molecule has 0 radical (unpaired) electrons. The van der Waals surface area contributed by atoms with Gasteiger partial charge < -0.3 is 28.8 Å². The summed E-state index contributed by atoms with van der Waals surface area (Å²) in [6.07, 6.45) is 20.8. The normalized spacial score (nSPS) is 30.7. The molecular weight excluding hydrogens is 508 g/mol. The van der Waals surface area contributed by atoms with E-state index in [1.54, 1.807) is 0 Å². The van der Waals surface area contributed by atoms with Crippen molar-refractivity contribution in [3.05, 3.63) is 24.3 Å². The van der Waals surface area contributed by atoms with Gasteiger partial charge in [0.1, 0.15) is 0 Å². The number of carbonyl (C=O) groups excluding carboxylic acids is 1. The lowest BCUT2D eigenvalue weighted by Crippen LogP contribution is -2.37. The number of aliphatic hydroxyl groups excluding tert-OH is 1. The van der Waals surface area contributed by atoms with E-state index in [0.717, 1.165) is 83.8 Å². The summed E-state index contributed by atoms with van der Waals surface area (Å²) in [5, 5.41) is 11.2. The Hall–Kier alpha value is -1.25. The second kappa shape index (κ2) is 17.6. The van der Waals surface area contributed by atoms with Crippen molar-refractivity contribution in [2.24, 2.45) is 17.3 Å². The van der Waals surface area contributed by atoms with Crippen molar-refractivity contribution >= 4 is 5.97 Å². The molecule has 2 saturated heterocycles. The first-order chi connectivity index (χ1) is 19.3. The van der Waals surface area contributed by atoms with Gasteiger partial charge in [-0.3, -0.25) is 4.79 Å². The number of hydrogen-bond donors (Lipinski definition) is 1. The van der Waals surface area contributed by atoms with E-state index in [1.165, 1.54) is 7.11 Å². The number of unbranched alkanes of at least 4 members (excludes halogenated alkanes) is 1. The molecule has 2 heterocycles. The lowest BCUT2D eigenvalue weighted by molar-refractivity contribution is -0.198. The predicted molar refractivity (Wildman–Crippen MR) is 157 cm³/mol. The maximum absolute atomic E-state index is 11.4. The first kappa shape index (κ1) is 33.3. The third-order valence-electron chi connectivity index (χ3n) is 8.82. The predicted octanol–water partition coefficient (Wildman–Crippen LogP) is 6.87. The lowest BCUT2D eigenvalue weighted by Gasteiger charge is -2.36. The molecule has 7 heteroatoms. The molecular formula is C33H56O7. The molecule has 2 unspecified atom stereocenters. The van der Waals surface area contributed by atoms with E-state index in [0.29, 0.717) is 19.3 Å². The molecule has 1 saturated carbocycles. The average Bonchev–Trinajstić information content (AvgIpc) is 3.25. The summed E-state index contributed by atoms with van der Waals surface area (Å²) >= 11 is 0. The standard InChI is InChI=1S/C33H56O7/c1-5-6-21-33(2,3)29(40-32-18-12-14-23-38-32)20-19-26-25(15-9-7-8-10-16-30(35)36-4)27(34)24-28(26)39-31-17-11-13-22-37-31/h7-8,19-20,25-29,31-32,34H,5-6,9-18,21-24H2,1-4H3/b8-7-,20-19+/t25-,26-,27-,28-,29-,31?,32?/m1/s1. The third kappa shape index (κ3) is 10.9. The van der Waals surface area contributed by atoms with Gasteiger partial charge in [0, 0.05) is 32.0 Å². The maximum Gasteiger partial charge on any atom is 0.305 e. The summed E-state index contributed by atoms with van der Waals surface area (Å²) in [5.41, 5.74) is -0.0365. The third-order valence-corrected chi connectivity index (χ3v) is 8.82. The van der Waals surface area contributed by atoms with Gasteiger partial charge in [0.2, 0.25) is 0 Å². The topological polar surface area (TPSA) is 83.5 Å². The molecule has 2 aliphatic heterocycles. The van der Waals surface area contributed by atoms with Crippen molar-refractivity contribution in [2.45, 2.75) is 142 Å². The van der Waals surface area contributed by atoms with E-state index in [9.17, 15) is 9.90 Å². The number of esters is 1. The molecule has 0 aromatic heterocycles. The van der Waals surface area contributed by atoms with Crippen LogP contribution in [0.2, 0.25) is 0 Å². The highest BCUT2D eigenvalue weighted by Crippen LogP contribution is 2.41. The van der Waals surface area contributed by atoms with Crippen LogP contribution in [0.15, 0.2) is 24.3 Å². The van der Waals surface area contributed by atoms with Crippen molar-refractivity contribution in [3.8, 4) is 0 Å². The van der Waals surface area contributed by atoms with Gasteiger partial charge in [0.15, 0.2) is 12.6 Å². The highest BCUT2D eigenvalue weighted by Gasteiger charge is 2.43. The Labute approximate surface area is 243 Å². The quantitative estimate of drug-likeness (QED) is 0.162. The molecule has 1 N–H and O–H groups in total. The van der Waals surface area contributed by atoms with Crippen LogP contribution in [0.5, 0.6) is 0 Å². The van der Waals surface area contributed by atoms with E-state index in [1.807, 2.05) is 6.08 Å². The first-order valence-electron chi connectivity index (χ1n) is 16.0. The smallest absolute Gasteiger partial charge is 0.305 e. The molecule has 0 bridgehead atoms. The van der Waals surface area contributed by atoms with Gasteiger partial charge >= 0.3 is 5.97 Å². The minimum atomic E-state index is -0.430. The Balaban J connectivity index is 1.73. The number of allylic oxidation sites excluding steroid dienone is 2. The van der Waals surface area contributed by atoms with Gasteiger partial charge in [-0.1, -0.05) is 57.9 Å². The lowest BCUT2D eigenvalue weighted by atomic mass is 9.80. The number of carbonyl (C=O) groups is 1. The van der Waals surface area contributed by atoms with Gasteiger partial charge in [0.05, 0.1) is 25.4 Å². The van der Waals surface area contributed by atoms with Crippen LogP contribution in [0.25, 0.3) is 0 Å². The minimum absolute atomic E-state index is 0.0365. The SMILES string of the molecule is CCCCC(C)(C)[C@@H](/C=C/[C@@H]1[C@@H](CC/C=C\CCC(=O)OC)[C@H](O)C[C@H]1OC1CCCCO1)OC1CCCCO1. The number of ether oxygens (including phenoxy) is 5. The van der Waals surface area contributed by atoms with Gasteiger partial charge in [-0.05, 0) is 75.5 Å². The molecule has 3 rings (SSSR count). The largest absolute Gasteiger partial charge is 0.469 e. The van der Waals surface area contributed by atoms with Crippen molar-refractivity contribution < 1.29 is 33.6 Å². The number of hydrogen-bond acceptors (Lipinski definition) is 7. The van der Waals surface area contributed by atoms with E-state index < -0.39 is 6.10 Å². The van der Waals surface area contributed by atoms with E-state index >= 15 is 0 Å². The molecule has 0 aromatic rings. The summed E-state index contributed by atoms with van der Waals surface area (Å²) in [5.74, 6) is -0.0342. The summed E-state index contributed by atoms with van der Waals surface area (Å²) in [6, 6.07) is 0. The second-order valence-electron chi connectivity index (χ2n) is 12.5. The molecule has 0 spiro atoms. The Morgan fingerprint density at radius 3 is 2.40 bits per heavy atom. The fraction of sp³-hybridized carbons (Fsp3) is 0.848. The highest BCUT2D eigenvalue weighted by atomic mass is 16.7. The van der Waals surface area contributed by atoms with Gasteiger partial charge in [-0.15, -0.1) is 0 Å². The molecule has 40 heavy (non-hydrogen) atoms. The number of aliphatic hydroxyl groups is 1. The van der Waals surface area contributed by atoms with Crippen molar-refractivity contribution in [2.75, 3.05) is 20.3 Å². The zero-order chi connectivity index (χ0) is 28.8. The van der Waals surface area contributed by atoms with Crippen LogP contribution in [-0.4, -0.2) is 62.3 Å². The monoisotopic (exact) mass is 564 g/mol. The fourth-order valence-electron chi connectivity index (χ4n) is 6.22. The van der Waals surface area contributed by atoms with E-state index in [4.69, 9.17) is 23.7 Å². The molecule has 0 aromatic carbocycles. The summed E-state index contributed by atoms with van der Waals surface area (Å²) in [4.78, 5) is 11.4. The van der Waals surface area contributed by atoms with Gasteiger partial charge in [-0.2, -0.15) is 0 Å². The zero-order valence-electron chi connectivity index (χ0n) is 25.6. The molecule has 0 amide bonds. The minimum Gasteiger partial charge on any atom is -0.469 e. The Kier molecular flexibility index (Phi) is 14.7. The maximum atomic E-state index is 11.4. The zero-order valence-corrected chi connectivity index (χ0v) is 25.6. The highest BCUT2D eigenvalue weighted by molar-refractivity contribution is 5.69.